The van der Waals surface area contributed by atoms with Crippen molar-refractivity contribution in [3.8, 4) is 0 Å². The predicted molar refractivity (Wildman–Crippen MR) is 222 cm³/mol. The highest BCUT2D eigenvalue weighted by Crippen LogP contribution is 2.63. The second kappa shape index (κ2) is 16.3. The molecule has 0 amide bonds. The van der Waals surface area contributed by atoms with Crippen LogP contribution in [0.15, 0.2) is 109 Å². The Hall–Kier alpha value is -3.22. The van der Waals surface area contributed by atoms with Gasteiger partial charge in [-0.2, -0.15) is 0 Å². The predicted octanol–water partition coefficient (Wildman–Crippen LogP) is 6.91. The fraction of sp³-hybridized carbons (Fsp3) is 0.429. The summed E-state index contributed by atoms with van der Waals surface area (Å²) < 4.78 is 50.6. The van der Waals surface area contributed by atoms with Gasteiger partial charge in [-0.15, -0.1) is 0 Å². The first-order valence-corrected chi connectivity index (χ1v) is 23.3. The Kier molecular flexibility index (Phi) is 12.1. The molecule has 11 heteroatoms. The molecule has 0 spiro atoms. The largest absolute Gasteiger partial charge is 0.316 e. The van der Waals surface area contributed by atoms with Crippen LogP contribution in [0.25, 0.3) is 0 Å². The Bertz CT molecular complexity index is 2040. The lowest BCUT2D eigenvalue weighted by atomic mass is 9.92. The molecule has 2 aliphatic carbocycles. The van der Waals surface area contributed by atoms with Crippen molar-refractivity contribution in [2.45, 2.75) is 37.5 Å². The molecule has 3 N–H and O–H groups in total. The van der Waals surface area contributed by atoms with Gasteiger partial charge in [-0.3, -0.25) is 9.44 Å². The minimum absolute atomic E-state index is 0.179. The average Bonchev–Trinajstić information content (AvgIpc) is 3.58. The van der Waals surface area contributed by atoms with Crippen molar-refractivity contribution in [1.82, 2.24) is 10.2 Å². The lowest BCUT2D eigenvalue weighted by molar-refractivity contribution is 0.281. The van der Waals surface area contributed by atoms with Gasteiger partial charge in [0, 0.05) is 47.2 Å². The van der Waals surface area contributed by atoms with Crippen molar-refractivity contribution in [2.24, 2.45) is 23.7 Å². The lowest BCUT2D eigenvalue weighted by Crippen LogP contribution is -2.30. The molecular weight excluding hydrogens is 769 g/mol. The van der Waals surface area contributed by atoms with E-state index < -0.39 is 20.0 Å². The highest BCUT2D eigenvalue weighted by Gasteiger charge is 2.65. The maximum Gasteiger partial charge on any atom is 0.229 e. The van der Waals surface area contributed by atoms with Gasteiger partial charge in [0.25, 0.3) is 0 Å². The van der Waals surface area contributed by atoms with E-state index in [0.717, 1.165) is 50.9 Å². The number of hydrogen-bond donors (Lipinski definition) is 3. The summed E-state index contributed by atoms with van der Waals surface area (Å²) in [5.74, 6) is 2.75. The number of rotatable bonds is 11. The van der Waals surface area contributed by atoms with Gasteiger partial charge in [-0.1, -0.05) is 115 Å². The summed E-state index contributed by atoms with van der Waals surface area (Å²) in [6, 6.07) is 36.8. The summed E-state index contributed by atoms with van der Waals surface area (Å²) in [6.45, 7) is 10.1. The number of aryl methyl sites for hydroxylation is 1. The fourth-order valence-corrected chi connectivity index (χ4v) is 10.3. The van der Waals surface area contributed by atoms with Crippen LogP contribution in [0.5, 0.6) is 0 Å². The summed E-state index contributed by atoms with van der Waals surface area (Å²) in [4.78, 5) is 2.57. The Morgan fingerprint density at radius 2 is 1.08 bits per heavy atom. The number of piperidine rings is 2. The van der Waals surface area contributed by atoms with Crippen LogP contribution in [0.4, 0.5) is 11.4 Å². The summed E-state index contributed by atoms with van der Waals surface area (Å²) in [5, 5.41) is 4.44. The molecule has 2 saturated heterocycles. The third-order valence-electron chi connectivity index (χ3n) is 11.8. The van der Waals surface area contributed by atoms with Gasteiger partial charge in [0.05, 0.1) is 12.5 Å². The van der Waals surface area contributed by atoms with Gasteiger partial charge in [0.2, 0.25) is 20.0 Å². The van der Waals surface area contributed by atoms with Crippen LogP contribution < -0.4 is 14.8 Å². The molecule has 4 aliphatic rings. The van der Waals surface area contributed by atoms with Crippen LogP contribution in [-0.2, 0) is 43.7 Å². The lowest BCUT2D eigenvalue weighted by Gasteiger charge is -2.24. The number of sulfonamides is 2. The number of nitrogens with one attached hydrogen (secondary N) is 3. The van der Waals surface area contributed by atoms with E-state index in [0.29, 0.717) is 35.0 Å². The fourth-order valence-electron chi connectivity index (χ4n) is 8.75. The summed E-state index contributed by atoms with van der Waals surface area (Å²) in [6.07, 6.45) is 4.60. The van der Waals surface area contributed by atoms with Crippen LogP contribution in [-0.4, -0.2) is 72.3 Å². The number of likely N-dealkylation sites (tertiary alicyclic amines) is 1. The topological polar surface area (TPSA) is 108 Å². The number of halogens is 1. The quantitative estimate of drug-likeness (QED) is 0.142. The Morgan fingerprint density at radius 3 is 1.51 bits per heavy atom. The first kappa shape index (κ1) is 39.5. The zero-order valence-corrected chi connectivity index (χ0v) is 34.4. The molecule has 4 atom stereocenters. The second-order valence-corrected chi connectivity index (χ2v) is 19.8. The van der Waals surface area contributed by atoms with E-state index in [2.05, 4.69) is 116 Å². The highest BCUT2D eigenvalue weighted by molar-refractivity contribution is 9.09. The average molecular weight is 822 g/mol. The number of anilines is 2. The van der Waals surface area contributed by atoms with Gasteiger partial charge < -0.3 is 10.2 Å². The Morgan fingerprint density at radius 1 is 0.642 bits per heavy atom. The van der Waals surface area contributed by atoms with Crippen molar-refractivity contribution < 1.29 is 16.8 Å². The SMILES string of the molecule is BrCCc1ccccc1.CC1(c2cccc(NS(C)(=O)=O)c2)C2CN(CCc3ccccc3)CC21.CC1(c2cccc(NS(C)(=O)=O)c2)C2CNCC21. The van der Waals surface area contributed by atoms with E-state index in [1.807, 2.05) is 36.4 Å². The first-order valence-electron chi connectivity index (χ1n) is 18.4. The van der Waals surface area contributed by atoms with Crippen molar-refractivity contribution in [3.05, 3.63) is 131 Å². The second-order valence-electron chi connectivity index (χ2n) is 15.5. The molecular formula is C42H53BrN4O4S2. The van der Waals surface area contributed by atoms with E-state index in [1.54, 1.807) is 6.07 Å². The molecule has 284 valence electrons. The number of hydrogen-bond acceptors (Lipinski definition) is 6. The minimum Gasteiger partial charge on any atom is -0.316 e. The molecule has 0 radical (unpaired) electrons. The standard InChI is InChI=1S/C21H26N2O2S.C13H18N2O2S.C8H9Br/c1-21(17-9-6-10-18(13-17)22-26(2,24)25)19-14-23(15-20(19)21)12-11-16-7-4-3-5-8-16;1-13(11-7-14-8-12(11)13)9-4-3-5-10(6-9)15-18(2,16)17;9-7-6-8-4-2-1-3-5-8/h3-10,13,19-20,22H,11-12,14-15H2,1-2H3;3-6,11-12,14-15H,7-8H2,1-2H3;1-5H,6-7H2. The molecule has 8 rings (SSSR count). The third-order valence-corrected chi connectivity index (χ3v) is 13.4. The van der Waals surface area contributed by atoms with E-state index in [-0.39, 0.29) is 10.8 Å². The molecule has 0 bridgehead atoms. The first-order chi connectivity index (χ1) is 25.2. The molecule has 2 heterocycles. The van der Waals surface area contributed by atoms with Gasteiger partial charge in [0.1, 0.15) is 0 Å². The van der Waals surface area contributed by atoms with E-state index >= 15 is 0 Å². The van der Waals surface area contributed by atoms with E-state index in [9.17, 15) is 16.8 Å². The van der Waals surface area contributed by atoms with Gasteiger partial charge in [0.15, 0.2) is 0 Å². The van der Waals surface area contributed by atoms with Crippen LogP contribution in [0.3, 0.4) is 0 Å². The molecule has 4 aromatic carbocycles. The Labute approximate surface area is 325 Å². The zero-order chi connectivity index (χ0) is 37.9. The maximum absolute atomic E-state index is 11.5. The van der Waals surface area contributed by atoms with Crippen LogP contribution in [0, 0.1) is 23.7 Å². The van der Waals surface area contributed by atoms with Crippen molar-refractivity contribution in [1.29, 1.82) is 0 Å². The minimum atomic E-state index is -3.24. The van der Waals surface area contributed by atoms with Gasteiger partial charge in [-0.05, 0) is 96.1 Å². The normalized spacial score (nSPS) is 26.9. The smallest absolute Gasteiger partial charge is 0.229 e. The molecule has 2 saturated carbocycles. The van der Waals surface area contributed by atoms with Crippen LogP contribution in [0.1, 0.15) is 36.1 Å². The maximum atomic E-state index is 11.5. The van der Waals surface area contributed by atoms with Crippen LogP contribution >= 0.6 is 15.9 Å². The number of benzene rings is 4. The number of nitrogens with zero attached hydrogens (tertiary/aromatic N) is 1. The molecule has 4 aromatic rings. The van der Waals surface area contributed by atoms with Crippen molar-refractivity contribution >= 4 is 47.4 Å². The number of fused-ring (bicyclic) bond motifs is 2. The Balaban J connectivity index is 0.000000153. The number of alkyl halides is 1. The molecule has 4 fully saturated rings. The molecule has 4 unspecified atom stereocenters. The van der Waals surface area contributed by atoms with Crippen molar-refractivity contribution in [3.63, 3.8) is 0 Å². The summed E-state index contributed by atoms with van der Waals surface area (Å²) in [5.41, 5.74) is 7.02. The van der Waals surface area contributed by atoms with Gasteiger partial charge in [-0.25, -0.2) is 16.8 Å². The monoisotopic (exact) mass is 820 g/mol. The van der Waals surface area contributed by atoms with E-state index in [1.165, 1.54) is 34.8 Å². The van der Waals surface area contributed by atoms with Gasteiger partial charge >= 0.3 is 0 Å². The molecule has 8 nitrogen and oxygen atoms in total. The molecule has 0 aromatic heterocycles. The van der Waals surface area contributed by atoms with E-state index in [4.69, 9.17) is 0 Å². The molecule has 2 aliphatic heterocycles. The summed E-state index contributed by atoms with van der Waals surface area (Å²) in [7, 11) is -6.44. The third kappa shape index (κ3) is 9.72. The zero-order valence-electron chi connectivity index (χ0n) is 31.1. The molecule has 53 heavy (non-hydrogen) atoms. The van der Waals surface area contributed by atoms with Crippen LogP contribution in [0.2, 0.25) is 0 Å². The summed E-state index contributed by atoms with van der Waals surface area (Å²) >= 11 is 3.39. The highest BCUT2D eigenvalue weighted by atomic mass is 79.9. The van der Waals surface area contributed by atoms with Crippen molar-refractivity contribution in [2.75, 3.05) is 60.0 Å².